The van der Waals surface area contributed by atoms with Gasteiger partial charge in [-0.05, 0) is 60.5 Å². The summed E-state index contributed by atoms with van der Waals surface area (Å²) >= 11 is 9.92. The van der Waals surface area contributed by atoms with E-state index in [1.165, 1.54) is 6.33 Å². The van der Waals surface area contributed by atoms with Crippen molar-refractivity contribution >= 4 is 39.4 Å². The van der Waals surface area contributed by atoms with Crippen molar-refractivity contribution in [1.82, 2.24) is 14.8 Å². The van der Waals surface area contributed by atoms with E-state index in [1.54, 1.807) is 11.6 Å². The Labute approximate surface area is 211 Å². The highest BCUT2D eigenvalue weighted by atomic mass is 79.9. The van der Waals surface area contributed by atoms with Crippen LogP contribution in [0.5, 0.6) is 11.5 Å². The summed E-state index contributed by atoms with van der Waals surface area (Å²) in [5.41, 5.74) is 2.71. The summed E-state index contributed by atoms with van der Waals surface area (Å²) in [5.74, 6) is 1.17. The number of nitrogens with zero attached hydrogens (tertiary/aromatic N) is 3. The van der Waals surface area contributed by atoms with Gasteiger partial charge in [-0.1, -0.05) is 29.8 Å². The highest BCUT2D eigenvalue weighted by molar-refractivity contribution is 9.10. The standard InChI is InChI=1S/C24H24BrClN4O4/c1-4-32-19-11-16(10-17(25)22(19)34-12-15-8-6-7-9-18(15)26)21-20(23(31)33-5-2)14(3)29-24-27-13-28-30(21)24/h6-11,13,21H,4-5,12H2,1-3H3,(H,27,28,29). The maximum absolute atomic E-state index is 12.9. The number of aromatic nitrogens is 3. The lowest BCUT2D eigenvalue weighted by molar-refractivity contribution is -0.139. The van der Waals surface area contributed by atoms with E-state index in [9.17, 15) is 4.79 Å². The van der Waals surface area contributed by atoms with Crippen molar-refractivity contribution in [1.29, 1.82) is 0 Å². The number of esters is 1. The van der Waals surface area contributed by atoms with Gasteiger partial charge in [-0.3, -0.25) is 0 Å². The SMILES string of the molecule is CCOC(=O)C1=C(C)Nc2ncnn2C1c1cc(Br)c(OCc2ccccc2Cl)c(OCC)c1. The summed E-state index contributed by atoms with van der Waals surface area (Å²) in [4.78, 5) is 17.2. The Hall–Kier alpha value is -3.04. The average molecular weight is 548 g/mol. The average Bonchev–Trinajstić information content (AvgIpc) is 3.26. The lowest BCUT2D eigenvalue weighted by Crippen LogP contribution is -2.29. The van der Waals surface area contributed by atoms with E-state index in [0.717, 1.165) is 11.1 Å². The molecule has 1 atom stereocenters. The monoisotopic (exact) mass is 546 g/mol. The summed E-state index contributed by atoms with van der Waals surface area (Å²) in [6.07, 6.45) is 1.44. The molecule has 4 rings (SSSR count). The number of hydrogen-bond acceptors (Lipinski definition) is 7. The highest BCUT2D eigenvalue weighted by Crippen LogP contribution is 2.43. The zero-order valence-electron chi connectivity index (χ0n) is 19.0. The molecule has 3 aromatic rings. The van der Waals surface area contributed by atoms with Crippen molar-refractivity contribution in [2.75, 3.05) is 18.5 Å². The Bertz CT molecular complexity index is 1240. The first-order valence-electron chi connectivity index (χ1n) is 10.8. The van der Waals surface area contributed by atoms with Gasteiger partial charge in [-0.25, -0.2) is 9.48 Å². The molecule has 0 amide bonds. The third-order valence-electron chi connectivity index (χ3n) is 5.27. The zero-order valence-corrected chi connectivity index (χ0v) is 21.3. The molecule has 178 valence electrons. The third-order valence-corrected chi connectivity index (χ3v) is 6.22. The molecule has 1 aliphatic rings. The lowest BCUT2D eigenvalue weighted by Gasteiger charge is -2.29. The second-order valence-corrected chi connectivity index (χ2v) is 8.72. The second kappa shape index (κ2) is 10.5. The number of anilines is 1. The molecular weight excluding hydrogens is 524 g/mol. The van der Waals surface area contributed by atoms with Crippen LogP contribution in [0.25, 0.3) is 0 Å². The van der Waals surface area contributed by atoms with Crippen molar-refractivity contribution in [3.05, 3.63) is 74.6 Å². The maximum atomic E-state index is 12.9. The molecule has 0 aliphatic carbocycles. The van der Waals surface area contributed by atoms with Crippen LogP contribution in [0.2, 0.25) is 5.02 Å². The number of allylic oxidation sites excluding steroid dienone is 1. The number of fused-ring (bicyclic) bond motifs is 1. The Morgan fingerprint density at radius 1 is 1.21 bits per heavy atom. The Morgan fingerprint density at radius 2 is 2.00 bits per heavy atom. The van der Waals surface area contributed by atoms with Crippen molar-refractivity contribution in [2.45, 2.75) is 33.4 Å². The molecule has 2 aromatic carbocycles. The summed E-state index contributed by atoms with van der Waals surface area (Å²) in [6, 6.07) is 10.7. The van der Waals surface area contributed by atoms with Crippen LogP contribution in [-0.2, 0) is 16.1 Å². The minimum absolute atomic E-state index is 0.259. The second-order valence-electron chi connectivity index (χ2n) is 7.46. The molecule has 1 unspecified atom stereocenters. The fraction of sp³-hybridized carbons (Fsp3) is 0.292. The van der Waals surface area contributed by atoms with E-state index < -0.39 is 12.0 Å². The number of rotatable bonds is 8. The molecule has 0 saturated carbocycles. The van der Waals surface area contributed by atoms with Gasteiger partial charge in [0.25, 0.3) is 0 Å². The quantitative estimate of drug-likeness (QED) is 0.371. The lowest BCUT2D eigenvalue weighted by atomic mass is 9.95. The first kappa shape index (κ1) is 24.1. The normalized spacial score (nSPS) is 14.9. The predicted molar refractivity (Wildman–Crippen MR) is 132 cm³/mol. The van der Waals surface area contributed by atoms with Crippen LogP contribution in [0.15, 0.2) is 58.5 Å². The maximum Gasteiger partial charge on any atom is 0.338 e. The largest absolute Gasteiger partial charge is 0.490 e. The van der Waals surface area contributed by atoms with Crippen molar-refractivity contribution in [3.8, 4) is 11.5 Å². The van der Waals surface area contributed by atoms with Crippen molar-refractivity contribution in [2.24, 2.45) is 0 Å². The molecule has 2 heterocycles. The molecule has 0 bridgehead atoms. The molecule has 0 fully saturated rings. The molecule has 34 heavy (non-hydrogen) atoms. The van der Waals surface area contributed by atoms with Crippen LogP contribution in [0.1, 0.15) is 37.9 Å². The summed E-state index contributed by atoms with van der Waals surface area (Å²) in [5, 5.41) is 8.11. The fourth-order valence-electron chi connectivity index (χ4n) is 3.79. The highest BCUT2D eigenvalue weighted by Gasteiger charge is 2.35. The molecule has 1 aromatic heterocycles. The van der Waals surface area contributed by atoms with Crippen LogP contribution < -0.4 is 14.8 Å². The predicted octanol–water partition coefficient (Wildman–Crippen LogP) is 5.52. The van der Waals surface area contributed by atoms with Gasteiger partial charge in [0, 0.05) is 16.3 Å². The van der Waals surface area contributed by atoms with Crippen LogP contribution in [0, 0.1) is 0 Å². The van der Waals surface area contributed by atoms with Gasteiger partial charge in [-0.15, -0.1) is 0 Å². The van der Waals surface area contributed by atoms with Crippen LogP contribution in [0.4, 0.5) is 5.95 Å². The van der Waals surface area contributed by atoms with E-state index in [4.69, 9.17) is 25.8 Å². The number of carbonyl (C=O) groups is 1. The number of nitrogens with one attached hydrogen (secondary N) is 1. The Kier molecular flexibility index (Phi) is 7.43. The van der Waals surface area contributed by atoms with E-state index in [1.807, 2.05) is 50.2 Å². The van der Waals surface area contributed by atoms with Gasteiger partial charge >= 0.3 is 5.97 Å². The topological polar surface area (TPSA) is 87.5 Å². The molecular formula is C24H24BrClN4O4. The zero-order chi connectivity index (χ0) is 24.2. The molecule has 10 heteroatoms. The van der Waals surface area contributed by atoms with Gasteiger partial charge < -0.3 is 19.5 Å². The number of ether oxygens (including phenoxy) is 3. The van der Waals surface area contributed by atoms with E-state index >= 15 is 0 Å². The number of benzene rings is 2. The number of carbonyl (C=O) groups excluding carboxylic acids is 1. The first-order valence-corrected chi connectivity index (χ1v) is 12.0. The van der Waals surface area contributed by atoms with Gasteiger partial charge in [0.1, 0.15) is 19.0 Å². The van der Waals surface area contributed by atoms with Gasteiger partial charge in [0.15, 0.2) is 11.5 Å². The molecule has 0 radical (unpaired) electrons. The smallest absolute Gasteiger partial charge is 0.338 e. The third kappa shape index (κ3) is 4.76. The van der Waals surface area contributed by atoms with Crippen molar-refractivity contribution < 1.29 is 19.0 Å². The Balaban J connectivity index is 1.76. The summed E-state index contributed by atoms with van der Waals surface area (Å²) < 4.78 is 19.7. The minimum Gasteiger partial charge on any atom is -0.490 e. The molecule has 0 saturated heterocycles. The van der Waals surface area contributed by atoms with Gasteiger partial charge in [0.05, 0.1) is 23.3 Å². The molecule has 8 nitrogen and oxygen atoms in total. The van der Waals surface area contributed by atoms with Crippen LogP contribution in [0.3, 0.4) is 0 Å². The van der Waals surface area contributed by atoms with E-state index in [2.05, 4.69) is 31.3 Å². The van der Waals surface area contributed by atoms with Gasteiger partial charge in [0.2, 0.25) is 5.95 Å². The molecule has 0 spiro atoms. The first-order chi connectivity index (χ1) is 16.4. The number of hydrogen-bond donors (Lipinski definition) is 1. The summed E-state index contributed by atoms with van der Waals surface area (Å²) in [6.45, 7) is 6.44. The minimum atomic E-state index is -0.564. The summed E-state index contributed by atoms with van der Waals surface area (Å²) in [7, 11) is 0. The molecule has 1 aliphatic heterocycles. The van der Waals surface area contributed by atoms with Gasteiger partial charge in [-0.2, -0.15) is 10.1 Å². The Morgan fingerprint density at radius 3 is 2.74 bits per heavy atom. The van der Waals surface area contributed by atoms with E-state index in [-0.39, 0.29) is 13.2 Å². The van der Waals surface area contributed by atoms with Crippen molar-refractivity contribution in [3.63, 3.8) is 0 Å². The van der Waals surface area contributed by atoms with E-state index in [0.29, 0.717) is 44.8 Å². The fourth-order valence-corrected chi connectivity index (χ4v) is 4.55. The molecule has 1 N–H and O–H groups in total. The van der Waals surface area contributed by atoms with Crippen LogP contribution >= 0.6 is 27.5 Å². The number of halogens is 2. The van der Waals surface area contributed by atoms with Crippen LogP contribution in [-0.4, -0.2) is 33.9 Å².